The van der Waals surface area contributed by atoms with Gasteiger partial charge in [0.1, 0.15) is 24.5 Å². The van der Waals surface area contributed by atoms with Gasteiger partial charge < -0.3 is 14.1 Å². The Labute approximate surface area is 150 Å². The van der Waals surface area contributed by atoms with E-state index >= 15 is 0 Å². The van der Waals surface area contributed by atoms with E-state index < -0.39 is 0 Å². The molecule has 1 aliphatic heterocycles. The third-order valence-corrected chi connectivity index (χ3v) is 4.93. The number of rotatable bonds is 4. The maximum atomic E-state index is 11.6. The van der Waals surface area contributed by atoms with Crippen molar-refractivity contribution in [1.29, 1.82) is 0 Å². The van der Waals surface area contributed by atoms with Crippen molar-refractivity contribution < 1.29 is 13.9 Å². The molecule has 4 heterocycles. The van der Waals surface area contributed by atoms with Gasteiger partial charge in [-0.3, -0.25) is 4.79 Å². The molecular weight excluding hydrogens is 334 g/mol. The standard InChI is InChI=1S/C18H21N5O3/c1-12-5-6-22(14(8-12)15-4-3-7-26-15)17-13-9-21-23(10-16(24)25-2)18(13)20-11-19-17/h3-4,7,9,11-12,14H,5-6,8,10H2,1-2H3. The van der Waals surface area contributed by atoms with Crippen molar-refractivity contribution in [2.75, 3.05) is 18.6 Å². The van der Waals surface area contributed by atoms with E-state index in [2.05, 4.69) is 26.9 Å². The molecule has 0 aliphatic carbocycles. The summed E-state index contributed by atoms with van der Waals surface area (Å²) in [5, 5.41) is 5.13. The first-order valence-electron chi connectivity index (χ1n) is 8.70. The first-order valence-corrected chi connectivity index (χ1v) is 8.70. The first-order chi connectivity index (χ1) is 12.7. The number of ether oxygens (including phenoxy) is 1. The van der Waals surface area contributed by atoms with Crippen LogP contribution in [0.15, 0.2) is 35.3 Å². The predicted molar refractivity (Wildman–Crippen MR) is 94.5 cm³/mol. The molecule has 0 bridgehead atoms. The van der Waals surface area contributed by atoms with Gasteiger partial charge in [-0.2, -0.15) is 5.10 Å². The van der Waals surface area contributed by atoms with Crippen LogP contribution in [0.25, 0.3) is 11.0 Å². The lowest BCUT2D eigenvalue weighted by Gasteiger charge is -2.38. The molecule has 1 saturated heterocycles. The fourth-order valence-electron chi connectivity index (χ4n) is 3.56. The summed E-state index contributed by atoms with van der Waals surface area (Å²) in [6.45, 7) is 3.16. The van der Waals surface area contributed by atoms with E-state index in [9.17, 15) is 4.79 Å². The number of aromatic nitrogens is 4. The van der Waals surface area contributed by atoms with Gasteiger partial charge in [0, 0.05) is 6.54 Å². The summed E-state index contributed by atoms with van der Waals surface area (Å²) in [4.78, 5) is 22.7. The largest absolute Gasteiger partial charge is 0.468 e. The Hall–Kier alpha value is -2.90. The summed E-state index contributed by atoms with van der Waals surface area (Å²) in [7, 11) is 1.36. The molecule has 0 N–H and O–H groups in total. The normalized spacial score (nSPS) is 20.5. The van der Waals surface area contributed by atoms with Crippen molar-refractivity contribution in [2.45, 2.75) is 32.4 Å². The van der Waals surface area contributed by atoms with Gasteiger partial charge in [0.05, 0.1) is 31.0 Å². The average molecular weight is 355 g/mol. The summed E-state index contributed by atoms with van der Waals surface area (Å²) >= 11 is 0. The molecule has 136 valence electrons. The Balaban J connectivity index is 1.74. The predicted octanol–water partition coefficient (Wildman–Crippen LogP) is 2.57. The van der Waals surface area contributed by atoms with Crippen molar-refractivity contribution in [3.05, 3.63) is 36.7 Å². The first kappa shape index (κ1) is 16.6. The number of esters is 1. The lowest BCUT2D eigenvalue weighted by molar-refractivity contribution is -0.141. The summed E-state index contributed by atoms with van der Waals surface area (Å²) in [6.07, 6.45) is 7.01. The van der Waals surface area contributed by atoms with Gasteiger partial charge >= 0.3 is 5.97 Å². The number of fused-ring (bicyclic) bond motifs is 1. The number of anilines is 1. The number of carbonyl (C=O) groups excluding carboxylic acids is 1. The molecule has 2 atom stereocenters. The molecule has 1 fully saturated rings. The van der Waals surface area contributed by atoms with Gasteiger partial charge in [-0.25, -0.2) is 14.6 Å². The van der Waals surface area contributed by atoms with Crippen LogP contribution in [0.3, 0.4) is 0 Å². The van der Waals surface area contributed by atoms with Gasteiger partial charge in [-0.1, -0.05) is 6.92 Å². The number of hydrogen-bond donors (Lipinski definition) is 0. The van der Waals surface area contributed by atoms with Crippen molar-refractivity contribution in [3.63, 3.8) is 0 Å². The highest BCUT2D eigenvalue weighted by molar-refractivity contribution is 5.87. The fourth-order valence-corrected chi connectivity index (χ4v) is 3.56. The molecule has 0 aromatic carbocycles. The van der Waals surface area contributed by atoms with E-state index in [0.29, 0.717) is 11.6 Å². The van der Waals surface area contributed by atoms with Crippen LogP contribution in [0.4, 0.5) is 5.82 Å². The molecule has 8 heteroatoms. The number of nitrogens with zero attached hydrogens (tertiary/aromatic N) is 5. The number of carbonyl (C=O) groups is 1. The van der Waals surface area contributed by atoms with Crippen LogP contribution in [0.5, 0.6) is 0 Å². The van der Waals surface area contributed by atoms with Gasteiger partial charge in [0.25, 0.3) is 0 Å². The number of piperidine rings is 1. The highest BCUT2D eigenvalue weighted by Crippen LogP contribution is 2.38. The quantitative estimate of drug-likeness (QED) is 0.665. The highest BCUT2D eigenvalue weighted by atomic mass is 16.5. The molecule has 8 nitrogen and oxygen atoms in total. The minimum absolute atomic E-state index is 0.0229. The molecule has 1 aliphatic rings. The summed E-state index contributed by atoms with van der Waals surface area (Å²) < 4.78 is 12.0. The van der Waals surface area contributed by atoms with Crippen LogP contribution in [0.2, 0.25) is 0 Å². The van der Waals surface area contributed by atoms with Crippen molar-refractivity contribution in [1.82, 2.24) is 19.7 Å². The van der Waals surface area contributed by atoms with Crippen LogP contribution in [0.1, 0.15) is 31.6 Å². The molecular formula is C18H21N5O3. The van der Waals surface area contributed by atoms with Gasteiger partial charge in [0.2, 0.25) is 0 Å². The van der Waals surface area contributed by atoms with Crippen molar-refractivity contribution in [3.8, 4) is 0 Å². The molecule has 4 rings (SSSR count). The van der Waals surface area contributed by atoms with E-state index in [-0.39, 0.29) is 18.6 Å². The van der Waals surface area contributed by atoms with Crippen LogP contribution in [-0.2, 0) is 16.1 Å². The molecule has 0 radical (unpaired) electrons. The van der Waals surface area contributed by atoms with Crippen molar-refractivity contribution >= 4 is 22.8 Å². The second kappa shape index (κ2) is 6.78. The zero-order valence-corrected chi connectivity index (χ0v) is 14.8. The lowest BCUT2D eigenvalue weighted by Crippen LogP contribution is -2.36. The van der Waals surface area contributed by atoms with Gasteiger partial charge in [-0.05, 0) is 30.9 Å². The van der Waals surface area contributed by atoms with Gasteiger partial charge in [-0.15, -0.1) is 0 Å². The zero-order chi connectivity index (χ0) is 18.1. The van der Waals surface area contributed by atoms with Crippen molar-refractivity contribution in [2.24, 2.45) is 5.92 Å². The number of furan rings is 1. The minimum atomic E-state index is -0.365. The topological polar surface area (TPSA) is 86.3 Å². The third kappa shape index (κ3) is 2.91. The summed E-state index contributed by atoms with van der Waals surface area (Å²) in [5.41, 5.74) is 0.622. The minimum Gasteiger partial charge on any atom is -0.468 e. The van der Waals surface area contributed by atoms with E-state index in [1.807, 2.05) is 12.1 Å². The monoisotopic (exact) mass is 355 g/mol. The average Bonchev–Trinajstić information content (AvgIpc) is 3.32. The van der Waals surface area contributed by atoms with Crippen LogP contribution in [0, 0.1) is 5.92 Å². The number of hydrogen-bond acceptors (Lipinski definition) is 7. The molecule has 3 aromatic heterocycles. The zero-order valence-electron chi connectivity index (χ0n) is 14.8. The second-order valence-corrected chi connectivity index (χ2v) is 6.67. The molecule has 0 amide bonds. The van der Waals surface area contributed by atoms with E-state index in [4.69, 9.17) is 9.15 Å². The fraction of sp³-hybridized carbons (Fsp3) is 0.444. The Morgan fingerprint density at radius 1 is 1.42 bits per heavy atom. The van der Waals surface area contributed by atoms with E-state index in [0.717, 1.165) is 36.4 Å². The maximum Gasteiger partial charge on any atom is 0.327 e. The van der Waals surface area contributed by atoms with Crippen LogP contribution < -0.4 is 4.90 Å². The highest BCUT2D eigenvalue weighted by Gasteiger charge is 2.32. The molecule has 3 aromatic rings. The third-order valence-electron chi connectivity index (χ3n) is 4.93. The Bertz CT molecular complexity index is 905. The summed E-state index contributed by atoms with van der Waals surface area (Å²) in [6, 6.07) is 4.04. The lowest BCUT2D eigenvalue weighted by atomic mass is 9.91. The van der Waals surface area contributed by atoms with E-state index in [1.165, 1.54) is 13.4 Å². The Morgan fingerprint density at radius 2 is 2.31 bits per heavy atom. The van der Waals surface area contributed by atoms with Crippen LogP contribution in [-0.4, -0.2) is 39.4 Å². The van der Waals surface area contributed by atoms with Crippen LogP contribution >= 0.6 is 0 Å². The Kier molecular flexibility index (Phi) is 4.32. The SMILES string of the molecule is COC(=O)Cn1ncc2c(N3CCC(C)CC3c3ccco3)ncnc21. The maximum absolute atomic E-state index is 11.6. The molecule has 2 unspecified atom stereocenters. The number of methoxy groups -OCH3 is 1. The second-order valence-electron chi connectivity index (χ2n) is 6.67. The van der Waals surface area contributed by atoms with Gasteiger partial charge in [0.15, 0.2) is 5.65 Å². The molecule has 26 heavy (non-hydrogen) atoms. The smallest absolute Gasteiger partial charge is 0.327 e. The van der Waals surface area contributed by atoms with E-state index in [1.54, 1.807) is 17.1 Å². The Morgan fingerprint density at radius 3 is 3.08 bits per heavy atom. The molecule has 0 saturated carbocycles. The molecule has 0 spiro atoms. The summed E-state index contributed by atoms with van der Waals surface area (Å²) in [5.74, 6) is 2.00.